The van der Waals surface area contributed by atoms with Gasteiger partial charge >= 0.3 is 11.9 Å². The predicted molar refractivity (Wildman–Crippen MR) is 409 cm³/mol. The molecule has 0 unspecified atom stereocenters. The number of para-hydroxylation sites is 2. The molecule has 0 radical (unpaired) electrons. The van der Waals surface area contributed by atoms with Gasteiger partial charge in [-0.15, -0.1) is 45.3 Å². The molecule has 10 rings (SSSR count). The fraction of sp³-hybridized carbons (Fsp3) is 0.286. The van der Waals surface area contributed by atoms with E-state index in [1.165, 1.54) is 79.6 Å². The monoisotopic (exact) mass is 1330 g/mol. The fourth-order valence-electron chi connectivity index (χ4n) is 12.7. The first kappa shape index (κ1) is 69.2. The van der Waals surface area contributed by atoms with Crippen molar-refractivity contribution >= 4 is 132 Å². The summed E-state index contributed by atoms with van der Waals surface area (Å²) >= 11 is 6.78. The molecule has 4 aromatic heterocycles. The standard InChI is InChI=1S/C84H85N3O4S4/c1-5-9-13-20-32-61-54-77(81-63(34-22-15-11-7-3)50-69(92-81)52-65(56-85)83(88)89)94-75(61)46-42-58-40-44-71-73(48-58)79(60-30-24-17-25-31-60)74-49-59(41-45-72(74)80(71)87(67-36-26-18-27-37-67)68-38-28-19-29-39-68)43-47-76-62(33-21-14-10-6-2)55-78(95-76)82-64(35-23-16-12-8-4)51-70(93-82)53-66(57-86)84(90)91/h17-19,24-31,36-55H,5-16,20-23,32-35H2,1-4H3,(H,88,89)(H,90,91)/b46-42+,47-43+,65-52+,66-53+. The number of carboxylic acids is 2. The fourth-order valence-corrected chi connectivity index (χ4v) is 17.5. The average Bonchev–Trinajstić information content (AvgIpc) is 1.54. The van der Waals surface area contributed by atoms with Crippen molar-refractivity contribution in [1.29, 1.82) is 10.5 Å². The molecule has 2 N–H and O–H groups in total. The Bertz CT molecular complexity index is 4210. The van der Waals surface area contributed by atoms with Gasteiger partial charge in [-0.05, 0) is 192 Å². The van der Waals surface area contributed by atoms with E-state index in [9.17, 15) is 30.3 Å². The number of unbranched alkanes of at least 4 members (excludes halogenated alkanes) is 12. The van der Waals surface area contributed by atoms with Gasteiger partial charge in [0.05, 0.1) is 5.69 Å². The van der Waals surface area contributed by atoms with Crippen LogP contribution < -0.4 is 4.90 Å². The summed E-state index contributed by atoms with van der Waals surface area (Å²) in [6, 6.07) is 58.9. The Morgan fingerprint density at radius 1 is 0.421 bits per heavy atom. The van der Waals surface area contributed by atoms with Crippen molar-refractivity contribution in [3.8, 4) is 42.8 Å². The van der Waals surface area contributed by atoms with Crippen molar-refractivity contribution in [2.24, 2.45) is 0 Å². The van der Waals surface area contributed by atoms with Gasteiger partial charge in [-0.2, -0.15) is 10.5 Å². The highest BCUT2D eigenvalue weighted by Gasteiger charge is 2.24. The Balaban J connectivity index is 1.14. The third-order valence-electron chi connectivity index (χ3n) is 17.6. The summed E-state index contributed by atoms with van der Waals surface area (Å²) in [7, 11) is 0. The van der Waals surface area contributed by atoms with Crippen LogP contribution in [0.2, 0.25) is 0 Å². The van der Waals surface area contributed by atoms with Crippen molar-refractivity contribution in [3.63, 3.8) is 0 Å². The van der Waals surface area contributed by atoms with Crippen LogP contribution in [-0.4, -0.2) is 22.2 Å². The van der Waals surface area contributed by atoms with Gasteiger partial charge in [0, 0.05) is 61.2 Å². The van der Waals surface area contributed by atoms with Crippen LogP contribution >= 0.6 is 45.3 Å². The van der Waals surface area contributed by atoms with E-state index in [1.807, 2.05) is 12.1 Å². The highest BCUT2D eigenvalue weighted by Crippen LogP contribution is 2.50. The van der Waals surface area contributed by atoms with Gasteiger partial charge in [-0.3, -0.25) is 0 Å². The number of carbonyl (C=O) groups is 2. The van der Waals surface area contributed by atoms with Gasteiger partial charge in [0.1, 0.15) is 23.3 Å². The van der Waals surface area contributed by atoms with E-state index in [1.54, 1.807) is 45.3 Å². The number of anilines is 3. The van der Waals surface area contributed by atoms with Crippen LogP contribution in [0.3, 0.4) is 0 Å². The van der Waals surface area contributed by atoms with Crippen molar-refractivity contribution in [2.45, 2.75) is 156 Å². The molecule has 0 amide bonds. The molecule has 0 atom stereocenters. The molecular formula is C84H85N3O4S4. The van der Waals surface area contributed by atoms with Crippen LogP contribution in [0.25, 0.3) is 88.6 Å². The lowest BCUT2D eigenvalue weighted by Gasteiger charge is -2.29. The SMILES string of the molecule is CCCCCCc1cc(-c2sc(/C=C(\C#N)C(=O)O)cc2CCCCCC)sc1/C=C/c1ccc2c(N(c3ccccc3)c3ccccc3)c3ccc(/C=C/c4sc(-c5sc(/C=C(\C#N)C(=O)O)cc5CCCCCC)cc4CCCCCC)cc3c(-c3ccccc3)c2c1. The quantitative estimate of drug-likeness (QED) is 0.0178. The molecule has 484 valence electrons. The van der Waals surface area contributed by atoms with Gasteiger partial charge in [0.25, 0.3) is 0 Å². The smallest absolute Gasteiger partial charge is 0.346 e. The first-order chi connectivity index (χ1) is 46.5. The molecule has 0 aliphatic carbocycles. The lowest BCUT2D eigenvalue weighted by molar-refractivity contribution is -0.133. The van der Waals surface area contributed by atoms with E-state index >= 15 is 0 Å². The van der Waals surface area contributed by atoms with Crippen molar-refractivity contribution in [1.82, 2.24) is 0 Å². The van der Waals surface area contributed by atoms with Gasteiger partial charge in [0.2, 0.25) is 0 Å². The van der Waals surface area contributed by atoms with Crippen LogP contribution in [0.15, 0.2) is 163 Å². The maximum Gasteiger partial charge on any atom is 0.346 e. The molecule has 0 aliphatic heterocycles. The number of thiophene rings is 4. The summed E-state index contributed by atoms with van der Waals surface area (Å²) < 4.78 is 0. The second kappa shape index (κ2) is 34.6. The Morgan fingerprint density at radius 3 is 1.17 bits per heavy atom. The summed E-state index contributed by atoms with van der Waals surface area (Å²) in [5, 5.41) is 43.7. The van der Waals surface area contributed by atoms with Gasteiger partial charge < -0.3 is 15.1 Å². The number of fused-ring (bicyclic) bond motifs is 2. The lowest BCUT2D eigenvalue weighted by Crippen LogP contribution is -2.11. The Kier molecular flexibility index (Phi) is 25.2. The highest BCUT2D eigenvalue weighted by molar-refractivity contribution is 7.23. The van der Waals surface area contributed by atoms with Gasteiger partial charge in [-0.1, -0.05) is 208 Å². The number of aryl methyl sites for hydroxylation is 4. The number of carboxylic acid groups (broad SMARTS) is 2. The zero-order valence-electron chi connectivity index (χ0n) is 55.2. The van der Waals surface area contributed by atoms with Crippen LogP contribution in [-0.2, 0) is 35.3 Å². The Labute approximate surface area is 578 Å². The maximum absolute atomic E-state index is 12.0. The minimum absolute atomic E-state index is 0.259. The minimum atomic E-state index is -1.21. The van der Waals surface area contributed by atoms with E-state index in [0.717, 1.165) is 183 Å². The molecule has 95 heavy (non-hydrogen) atoms. The predicted octanol–water partition coefficient (Wildman–Crippen LogP) is 25.5. The molecule has 6 aromatic carbocycles. The first-order valence-electron chi connectivity index (χ1n) is 34.1. The average molecular weight is 1330 g/mol. The number of hydrogen-bond donors (Lipinski definition) is 2. The van der Waals surface area contributed by atoms with Crippen LogP contribution in [0.1, 0.15) is 183 Å². The number of hydrogen-bond acceptors (Lipinski definition) is 9. The summed E-state index contributed by atoms with van der Waals surface area (Å²) in [5.74, 6) is -2.43. The Hall–Kier alpha value is -8.68. The third-order valence-corrected chi connectivity index (χ3v) is 22.5. The van der Waals surface area contributed by atoms with Gasteiger partial charge in [0.15, 0.2) is 0 Å². The van der Waals surface area contributed by atoms with Crippen LogP contribution in [0.4, 0.5) is 17.1 Å². The van der Waals surface area contributed by atoms with Crippen LogP contribution in [0, 0.1) is 22.7 Å². The number of benzene rings is 6. The molecule has 0 saturated heterocycles. The number of nitriles is 2. The molecule has 0 saturated carbocycles. The molecular weight excluding hydrogens is 1240 g/mol. The van der Waals surface area contributed by atoms with E-state index in [0.29, 0.717) is 0 Å². The second-order valence-electron chi connectivity index (χ2n) is 24.6. The lowest BCUT2D eigenvalue weighted by atomic mass is 9.88. The van der Waals surface area contributed by atoms with Gasteiger partial charge in [-0.25, -0.2) is 9.59 Å². The second-order valence-corrected chi connectivity index (χ2v) is 28.9. The zero-order chi connectivity index (χ0) is 66.5. The number of rotatable bonds is 34. The third kappa shape index (κ3) is 17.6. The number of aliphatic carboxylic acids is 2. The van der Waals surface area contributed by atoms with E-state index in [4.69, 9.17) is 0 Å². The van der Waals surface area contributed by atoms with E-state index in [-0.39, 0.29) is 11.1 Å². The highest BCUT2D eigenvalue weighted by atomic mass is 32.1. The zero-order valence-corrected chi connectivity index (χ0v) is 58.5. The van der Waals surface area contributed by atoms with Crippen molar-refractivity contribution in [3.05, 3.63) is 216 Å². The van der Waals surface area contributed by atoms with E-state index in [2.05, 4.69) is 209 Å². The summed E-state index contributed by atoms with van der Waals surface area (Å²) in [6.45, 7) is 8.95. The van der Waals surface area contributed by atoms with Crippen molar-refractivity contribution < 1.29 is 19.8 Å². The molecule has 0 spiro atoms. The maximum atomic E-state index is 12.0. The first-order valence-corrected chi connectivity index (χ1v) is 37.4. The minimum Gasteiger partial charge on any atom is -0.477 e. The largest absolute Gasteiger partial charge is 0.477 e. The molecule has 10 aromatic rings. The van der Waals surface area contributed by atoms with E-state index < -0.39 is 11.9 Å². The van der Waals surface area contributed by atoms with Crippen LogP contribution in [0.5, 0.6) is 0 Å². The Morgan fingerprint density at radius 2 is 0.800 bits per heavy atom. The summed E-state index contributed by atoms with van der Waals surface area (Å²) in [6.07, 6.45) is 34.1. The molecule has 0 fully saturated rings. The molecule has 4 heterocycles. The normalized spacial score (nSPS) is 12.0. The summed E-state index contributed by atoms with van der Waals surface area (Å²) in [5.41, 5.74) is 12.2. The van der Waals surface area contributed by atoms with Crippen molar-refractivity contribution in [2.75, 3.05) is 4.90 Å². The molecule has 0 aliphatic rings. The molecule has 0 bridgehead atoms. The summed E-state index contributed by atoms with van der Waals surface area (Å²) in [4.78, 5) is 35.2. The molecule has 7 nitrogen and oxygen atoms in total. The topological polar surface area (TPSA) is 125 Å². The molecule has 11 heteroatoms. The number of nitrogens with zero attached hydrogens (tertiary/aromatic N) is 3.